The highest BCUT2D eigenvalue weighted by molar-refractivity contribution is 7.99. The normalized spacial score (nSPS) is 47.9. The summed E-state index contributed by atoms with van der Waals surface area (Å²) < 4.78 is 82.2. The molecule has 0 saturated carbocycles. The van der Waals surface area contributed by atoms with Gasteiger partial charge in [-0.25, -0.2) is 0 Å². The summed E-state index contributed by atoms with van der Waals surface area (Å²) in [4.78, 5) is 8.39. The molecule has 0 radical (unpaired) electrons. The minimum atomic E-state index is -2.33. The van der Waals surface area contributed by atoms with E-state index in [1.54, 1.807) is 7.05 Å². The SMILES string of the molecule is CN=C(N)CCCCCCC(N)=NCCSCC1O[C@H]2O[C@H]3C(CO)O[C@H](O[C@H]4C(CO)O[C@H](O[C@H]5C(CSCCN)O[C@H](O[C@H]6C(CO)O[C@@H](O[C@H]7C(O)O[C@@H](O[C@H]8C(CO)O[C@@H](O[C@@H]1[C@H](O)C2O)C(O)[C@H]8O)C(O)[C@H]7O)C(O)[C@H]6O)C(O)[C@H]5O)C(O)[C@H]4O)C(O)[C@H]3O. The molecule has 546 valence electrons. The number of hydrogen-bond donors (Lipinski definition) is 22. The molecule has 21 heterocycles. The molecule has 21 saturated heterocycles. The molecule has 0 spiro atoms. The lowest BCUT2D eigenvalue weighted by atomic mass is 9.95. The fraction of sp³-hybridized carbons (Fsp3) is 0.963. The number of nitrogens with two attached hydrogens (primary N) is 3. The zero-order valence-corrected chi connectivity index (χ0v) is 52.8. The second kappa shape index (κ2) is 36.2. The van der Waals surface area contributed by atoms with Crippen LogP contribution in [0.5, 0.6) is 0 Å². The van der Waals surface area contributed by atoms with Gasteiger partial charge in [-0.05, 0) is 12.8 Å². The van der Waals surface area contributed by atoms with E-state index in [4.69, 9.17) is 83.5 Å². The third-order valence-corrected chi connectivity index (χ3v) is 19.5. The number of aliphatic hydroxyl groups is 19. The van der Waals surface area contributed by atoms with Crippen molar-refractivity contribution in [2.24, 2.45) is 27.2 Å². The van der Waals surface area contributed by atoms with Crippen molar-refractivity contribution in [3.05, 3.63) is 0 Å². The standard InChI is InChI=1S/C54H95N5O33S2/c1-58-24(56)6-4-2-3-5-7-25(57)59-9-11-94-17-23-45-31(69)38(76)53(84-23)86-41-19(13-61)79-48(33(71)26(41)64)85-40-18(12-60)80-49(34(72)27(40)65)89-44-22(16-93-10-8-55)83-52(37(75)30(44)68)87-42-20(14-62)82-51(36(74)29(42)67)91-46-32(70)39(77)54(92-47(46)78)88-43-21(15-63)81-50(90-45)35(73)28(43)66/h18-23,26-54,60-78H,2-17,55H2,1H3,(H2,56,58)(H2,57,59)/t18?,19?,20?,21?,22?,23?,26-,27-,28-,29-,30-,31-,32-,33?,34?,35?,36?,37?,38?,39?,40+,41+,42+,43+,44+,45+,46-,47?,48-,49-,50+,51+,52-,53+,54-/m1/s1. The van der Waals surface area contributed by atoms with Crippen molar-refractivity contribution in [2.75, 3.05) is 69.6 Å². The number of thioether (sulfide) groups is 2. The zero-order valence-electron chi connectivity index (χ0n) is 51.2. The van der Waals surface area contributed by atoms with Gasteiger partial charge in [-0.1, -0.05) is 12.8 Å². The molecule has 0 aromatic carbocycles. The van der Waals surface area contributed by atoms with E-state index in [-0.39, 0.29) is 36.1 Å². The summed E-state index contributed by atoms with van der Waals surface area (Å²) in [5.74, 6) is 1.26. The summed E-state index contributed by atoms with van der Waals surface area (Å²) in [7, 11) is 1.63. The number of unbranched alkanes of at least 4 members (excludes halogenated alkanes) is 3. The summed E-state index contributed by atoms with van der Waals surface area (Å²) in [5.41, 5.74) is 17.7. The Kier molecular flexibility index (Phi) is 30.1. The van der Waals surface area contributed by atoms with Crippen LogP contribution in [0.25, 0.3) is 0 Å². The third-order valence-electron chi connectivity index (χ3n) is 17.4. The van der Waals surface area contributed by atoms with Crippen LogP contribution in [0.4, 0.5) is 0 Å². The van der Waals surface area contributed by atoms with Crippen LogP contribution in [0.1, 0.15) is 38.5 Å². The van der Waals surface area contributed by atoms with E-state index in [0.717, 1.165) is 37.4 Å². The lowest BCUT2D eigenvalue weighted by molar-refractivity contribution is -0.409. The van der Waals surface area contributed by atoms with Gasteiger partial charge in [0.15, 0.2) is 50.3 Å². The molecule has 21 rings (SSSR count). The lowest BCUT2D eigenvalue weighted by Crippen LogP contribution is -2.68. The Balaban J connectivity index is 1.06. The molecule has 35 atom stereocenters. The molecule has 21 fully saturated rings. The third kappa shape index (κ3) is 18.3. The highest BCUT2D eigenvalue weighted by atomic mass is 32.2. The molecule has 14 bridgehead atoms. The molecule has 0 aromatic heterocycles. The quantitative estimate of drug-likeness (QED) is 0.0306. The molecule has 14 unspecified atom stereocenters. The molecule has 94 heavy (non-hydrogen) atoms. The molecule has 38 nitrogen and oxygen atoms in total. The first-order valence-electron chi connectivity index (χ1n) is 31.1. The minimum absolute atomic E-state index is 0.110. The van der Waals surface area contributed by atoms with Crippen LogP contribution in [-0.4, -0.2) is 393 Å². The van der Waals surface area contributed by atoms with Crippen molar-refractivity contribution in [1.29, 1.82) is 0 Å². The summed E-state index contributed by atoms with van der Waals surface area (Å²) in [6.45, 7) is -3.77. The largest absolute Gasteiger partial charge is 0.394 e. The molecule has 0 aromatic rings. The van der Waals surface area contributed by atoms with Gasteiger partial charge in [0.1, 0.15) is 153 Å². The van der Waals surface area contributed by atoms with Gasteiger partial charge in [0.2, 0.25) is 0 Å². The highest BCUT2D eigenvalue weighted by Gasteiger charge is 2.59. The van der Waals surface area contributed by atoms with Crippen molar-refractivity contribution >= 4 is 35.2 Å². The van der Waals surface area contributed by atoms with Crippen molar-refractivity contribution in [3.63, 3.8) is 0 Å². The molecular formula is C54H95N5O33S2. The summed E-state index contributed by atoms with van der Waals surface area (Å²) in [6.07, 6.45) is -64.8. The number of nitrogens with zero attached hydrogens (tertiary/aromatic N) is 2. The van der Waals surface area contributed by atoms with Gasteiger partial charge in [0.05, 0.1) is 50.3 Å². The Bertz CT molecular complexity index is 2330. The van der Waals surface area contributed by atoms with Crippen molar-refractivity contribution < 1.29 is 163 Å². The first kappa shape index (κ1) is 78.0. The van der Waals surface area contributed by atoms with E-state index in [2.05, 4.69) is 9.98 Å². The van der Waals surface area contributed by atoms with Crippen molar-refractivity contribution in [2.45, 2.75) is 254 Å². The first-order chi connectivity index (χ1) is 44.9. The smallest absolute Gasteiger partial charge is 0.189 e. The number of rotatable bonds is 20. The second-order valence-electron chi connectivity index (χ2n) is 23.9. The Morgan fingerprint density at radius 1 is 0.330 bits per heavy atom. The van der Waals surface area contributed by atoms with Crippen LogP contribution in [0, 0.1) is 0 Å². The van der Waals surface area contributed by atoms with Crippen LogP contribution >= 0.6 is 23.5 Å². The summed E-state index contributed by atoms with van der Waals surface area (Å²) in [6, 6.07) is 0. The molecule has 21 aliphatic rings. The summed E-state index contributed by atoms with van der Waals surface area (Å²) >= 11 is 2.33. The van der Waals surface area contributed by atoms with Crippen LogP contribution in [0.3, 0.4) is 0 Å². The molecule has 0 aliphatic carbocycles. The van der Waals surface area contributed by atoms with Crippen molar-refractivity contribution in [1.82, 2.24) is 0 Å². The Morgan fingerprint density at radius 2 is 0.596 bits per heavy atom. The van der Waals surface area contributed by atoms with E-state index >= 15 is 0 Å². The van der Waals surface area contributed by atoms with Crippen molar-refractivity contribution in [3.8, 4) is 0 Å². The van der Waals surface area contributed by atoms with Gasteiger partial charge in [-0.3, -0.25) is 9.98 Å². The molecular weight excluding hydrogens is 1310 g/mol. The van der Waals surface area contributed by atoms with E-state index < -0.39 is 242 Å². The monoisotopic (exact) mass is 1410 g/mol. The topological polar surface area (TPSA) is 616 Å². The number of hydrogen-bond acceptors (Lipinski definition) is 38. The van der Waals surface area contributed by atoms with Gasteiger partial charge >= 0.3 is 0 Å². The van der Waals surface area contributed by atoms with Crippen LogP contribution < -0.4 is 17.2 Å². The average molecular weight is 1410 g/mol. The Labute approximate surface area is 547 Å². The Hall–Kier alpha value is -1.72. The maximum absolute atomic E-state index is 11.9. The van der Waals surface area contributed by atoms with E-state index in [1.165, 1.54) is 11.8 Å². The predicted octanol–water partition coefficient (Wildman–Crippen LogP) is -12.1. The predicted molar refractivity (Wildman–Crippen MR) is 315 cm³/mol. The second-order valence-corrected chi connectivity index (χ2v) is 26.2. The van der Waals surface area contributed by atoms with Gasteiger partial charge in [-0.2, -0.15) is 23.5 Å². The van der Waals surface area contributed by atoms with Crippen LogP contribution in [0.15, 0.2) is 9.98 Å². The fourth-order valence-electron chi connectivity index (χ4n) is 12.0. The van der Waals surface area contributed by atoms with Gasteiger partial charge < -0.3 is 181 Å². The number of ether oxygens (including phenoxy) is 14. The number of amidine groups is 2. The molecule has 40 heteroatoms. The van der Waals surface area contributed by atoms with Gasteiger partial charge in [0, 0.05) is 56.0 Å². The first-order valence-corrected chi connectivity index (χ1v) is 33.4. The van der Waals surface area contributed by atoms with Gasteiger partial charge in [0.25, 0.3) is 0 Å². The minimum Gasteiger partial charge on any atom is -0.394 e. The summed E-state index contributed by atoms with van der Waals surface area (Å²) in [5, 5.41) is 216. The maximum atomic E-state index is 11.9. The van der Waals surface area contributed by atoms with Crippen LogP contribution in [-0.2, 0) is 66.3 Å². The fourth-order valence-corrected chi connectivity index (χ4v) is 13.8. The Morgan fingerprint density at radius 3 is 0.904 bits per heavy atom. The number of aliphatic imine (C=N–C) groups is 2. The van der Waals surface area contributed by atoms with Crippen LogP contribution in [0.2, 0.25) is 0 Å². The van der Waals surface area contributed by atoms with E-state index in [0.29, 0.717) is 24.5 Å². The number of aliphatic hydroxyl groups excluding tert-OH is 19. The molecule has 25 N–H and O–H groups in total. The average Bonchev–Trinajstić information content (AvgIpc) is 0.797. The maximum Gasteiger partial charge on any atom is 0.189 e. The van der Waals surface area contributed by atoms with E-state index in [9.17, 15) is 97.0 Å². The van der Waals surface area contributed by atoms with Gasteiger partial charge in [-0.15, -0.1) is 0 Å². The van der Waals surface area contributed by atoms with E-state index in [1.807, 2.05) is 0 Å². The highest BCUT2D eigenvalue weighted by Crippen LogP contribution is 2.39. The molecule has 21 aliphatic heterocycles. The zero-order chi connectivity index (χ0) is 68.4. The molecule has 0 amide bonds. The lowest BCUT2D eigenvalue weighted by Gasteiger charge is -2.50.